The first kappa shape index (κ1) is 27.5. The molecule has 0 N–H and O–H groups in total. The van der Waals surface area contributed by atoms with Crippen molar-refractivity contribution in [3.05, 3.63) is 107 Å². The van der Waals surface area contributed by atoms with Gasteiger partial charge in [-0.05, 0) is 48.2 Å². The zero-order chi connectivity index (χ0) is 28.9. The predicted molar refractivity (Wildman–Crippen MR) is 164 cm³/mol. The second-order valence-corrected chi connectivity index (χ2v) is 11.0. The Kier molecular flexibility index (Phi) is 8.16. The van der Waals surface area contributed by atoms with Crippen LogP contribution >= 0.6 is 0 Å². The van der Waals surface area contributed by atoms with Crippen molar-refractivity contribution in [3.63, 3.8) is 0 Å². The summed E-state index contributed by atoms with van der Waals surface area (Å²) in [5.41, 5.74) is 4.94. The number of carbonyl (C=O) groups is 1. The minimum Gasteiger partial charge on any atom is -0.445 e. The van der Waals surface area contributed by atoms with Gasteiger partial charge in [0.1, 0.15) is 6.61 Å². The lowest BCUT2D eigenvalue weighted by atomic mass is 9.90. The van der Waals surface area contributed by atoms with Gasteiger partial charge in [0, 0.05) is 81.9 Å². The number of hydrogen-bond acceptors (Lipinski definition) is 7. The second kappa shape index (κ2) is 12.5. The summed E-state index contributed by atoms with van der Waals surface area (Å²) in [6.07, 6.45) is 5.31. The van der Waals surface area contributed by atoms with Crippen LogP contribution in [0.2, 0.25) is 0 Å². The van der Waals surface area contributed by atoms with E-state index in [1.807, 2.05) is 42.5 Å². The molecule has 9 nitrogen and oxygen atoms in total. The average Bonchev–Trinajstić information content (AvgIpc) is 3.06. The van der Waals surface area contributed by atoms with Crippen molar-refractivity contribution in [2.24, 2.45) is 7.05 Å². The Hall–Kier alpha value is -4.66. The van der Waals surface area contributed by atoms with Crippen LogP contribution in [0.3, 0.4) is 0 Å². The number of carbonyl (C=O) groups excluding carboxylic acids is 1. The Morgan fingerprint density at radius 1 is 0.905 bits per heavy atom. The normalized spacial score (nSPS) is 17.3. The number of anilines is 2. The summed E-state index contributed by atoms with van der Waals surface area (Å²) in [7, 11) is 1.79. The lowest BCUT2D eigenvalue weighted by Gasteiger charge is -2.36. The number of piperidine rings is 1. The highest BCUT2D eigenvalue weighted by Gasteiger charge is 2.26. The molecule has 0 saturated carbocycles. The van der Waals surface area contributed by atoms with Gasteiger partial charge in [0.15, 0.2) is 0 Å². The number of pyridine rings is 1. The van der Waals surface area contributed by atoms with E-state index in [-0.39, 0.29) is 11.7 Å². The van der Waals surface area contributed by atoms with Crippen LogP contribution in [-0.2, 0) is 18.4 Å². The van der Waals surface area contributed by atoms with Crippen LogP contribution in [0, 0.1) is 0 Å². The van der Waals surface area contributed by atoms with Crippen LogP contribution in [-0.4, -0.2) is 64.8 Å². The first-order valence-corrected chi connectivity index (χ1v) is 14.6. The predicted octanol–water partition coefficient (Wildman–Crippen LogP) is 4.69. The molecule has 2 aromatic heterocycles. The van der Waals surface area contributed by atoms with Gasteiger partial charge < -0.3 is 19.4 Å². The first-order chi connectivity index (χ1) is 20.5. The molecule has 2 aromatic carbocycles. The number of hydrogen-bond donors (Lipinski definition) is 0. The van der Waals surface area contributed by atoms with E-state index in [2.05, 4.69) is 39.0 Å². The number of piperazine rings is 1. The van der Waals surface area contributed by atoms with Crippen LogP contribution < -0.4 is 15.4 Å². The van der Waals surface area contributed by atoms with Crippen LogP contribution in [0.4, 0.5) is 16.4 Å². The maximum Gasteiger partial charge on any atom is 0.410 e. The largest absolute Gasteiger partial charge is 0.445 e. The molecule has 2 aliphatic heterocycles. The third kappa shape index (κ3) is 6.15. The molecule has 216 valence electrons. The van der Waals surface area contributed by atoms with Crippen LogP contribution in [0.15, 0.2) is 90.0 Å². The zero-order valence-corrected chi connectivity index (χ0v) is 23.9. The Balaban J connectivity index is 1.07. The molecule has 2 fully saturated rings. The number of aromatic nitrogens is 3. The van der Waals surface area contributed by atoms with E-state index < -0.39 is 0 Å². The van der Waals surface area contributed by atoms with E-state index in [4.69, 9.17) is 9.72 Å². The lowest BCUT2D eigenvalue weighted by Crippen LogP contribution is -2.48. The summed E-state index contributed by atoms with van der Waals surface area (Å²) in [5, 5.41) is 0. The van der Waals surface area contributed by atoms with Crippen molar-refractivity contribution in [2.45, 2.75) is 25.4 Å². The monoisotopic (exact) mass is 564 g/mol. The summed E-state index contributed by atoms with van der Waals surface area (Å²) in [6, 6.07) is 23.9. The van der Waals surface area contributed by atoms with Gasteiger partial charge in [-0.15, -0.1) is 0 Å². The number of nitrogens with zero attached hydrogens (tertiary/aromatic N) is 6. The van der Waals surface area contributed by atoms with E-state index in [0.29, 0.717) is 37.3 Å². The molecule has 0 radical (unpaired) electrons. The summed E-state index contributed by atoms with van der Waals surface area (Å²) >= 11 is 0. The molecule has 4 heterocycles. The van der Waals surface area contributed by atoms with Crippen LogP contribution in [0.25, 0.3) is 11.3 Å². The van der Waals surface area contributed by atoms with E-state index in [1.54, 1.807) is 35.0 Å². The SMILES string of the molecule is Cn1c(N2CCCC(c3ccc(N4CCN(C(=O)OCc5ccccc5)CC4)cc3)C2)nc(-c2ccncc2)cc1=O. The standard InChI is InChI=1S/C33H36N6O3/c1-36-31(40)22-30(27-13-15-34-16-14-27)35-32(36)39-17-5-8-28(23-39)26-9-11-29(12-10-26)37-18-20-38(21-19-37)33(41)42-24-25-6-3-2-4-7-25/h2-4,6-7,9-16,22,28H,5,8,17-21,23-24H2,1H3. The third-order valence-corrected chi connectivity index (χ3v) is 8.26. The van der Waals surface area contributed by atoms with E-state index in [1.165, 1.54) is 5.56 Å². The molecule has 1 unspecified atom stereocenters. The Labute approximate surface area is 246 Å². The van der Waals surface area contributed by atoms with E-state index in [0.717, 1.165) is 55.8 Å². The summed E-state index contributed by atoms with van der Waals surface area (Å²) in [5.74, 6) is 1.06. The smallest absolute Gasteiger partial charge is 0.410 e. The highest BCUT2D eigenvalue weighted by molar-refractivity contribution is 5.68. The van der Waals surface area contributed by atoms with Gasteiger partial charge in [-0.2, -0.15) is 0 Å². The number of benzene rings is 2. The highest BCUT2D eigenvalue weighted by Crippen LogP contribution is 2.31. The number of amides is 1. The number of ether oxygens (including phenoxy) is 1. The molecule has 9 heteroatoms. The fourth-order valence-corrected chi connectivity index (χ4v) is 5.83. The molecule has 0 aliphatic carbocycles. The lowest BCUT2D eigenvalue weighted by molar-refractivity contribution is 0.0942. The summed E-state index contributed by atoms with van der Waals surface area (Å²) in [4.78, 5) is 40.7. The quantitative estimate of drug-likeness (QED) is 0.336. The van der Waals surface area contributed by atoms with Gasteiger partial charge in [-0.3, -0.25) is 14.3 Å². The van der Waals surface area contributed by atoms with E-state index >= 15 is 0 Å². The molecule has 2 aliphatic rings. The Morgan fingerprint density at radius 3 is 2.38 bits per heavy atom. The van der Waals surface area contributed by atoms with Crippen molar-refractivity contribution in [2.75, 3.05) is 49.1 Å². The fourth-order valence-electron chi connectivity index (χ4n) is 5.83. The molecule has 4 aromatic rings. The molecule has 0 bridgehead atoms. The Morgan fingerprint density at radius 2 is 1.64 bits per heavy atom. The summed E-state index contributed by atoms with van der Waals surface area (Å²) in [6.45, 7) is 4.78. The van der Waals surface area contributed by atoms with Gasteiger partial charge >= 0.3 is 6.09 Å². The van der Waals surface area contributed by atoms with Crippen molar-refractivity contribution in [1.29, 1.82) is 0 Å². The van der Waals surface area contributed by atoms with Gasteiger partial charge in [-0.1, -0.05) is 42.5 Å². The van der Waals surface area contributed by atoms with Gasteiger partial charge in [0.05, 0.1) is 5.69 Å². The minimum atomic E-state index is -0.256. The molecule has 42 heavy (non-hydrogen) atoms. The van der Waals surface area contributed by atoms with Crippen molar-refractivity contribution < 1.29 is 9.53 Å². The molecule has 2 saturated heterocycles. The number of rotatable bonds is 6. The molecule has 1 atom stereocenters. The Bertz CT molecular complexity index is 1550. The molecule has 0 spiro atoms. The third-order valence-electron chi connectivity index (χ3n) is 8.26. The highest BCUT2D eigenvalue weighted by atomic mass is 16.6. The maximum absolute atomic E-state index is 12.8. The second-order valence-electron chi connectivity index (χ2n) is 11.0. The van der Waals surface area contributed by atoms with Crippen molar-refractivity contribution >= 4 is 17.7 Å². The molecule has 1 amide bonds. The van der Waals surface area contributed by atoms with Crippen LogP contribution in [0.1, 0.15) is 29.9 Å². The first-order valence-electron chi connectivity index (χ1n) is 14.6. The van der Waals surface area contributed by atoms with E-state index in [9.17, 15) is 9.59 Å². The topological polar surface area (TPSA) is 83.8 Å². The zero-order valence-electron chi connectivity index (χ0n) is 23.9. The molecular formula is C33H36N6O3. The maximum atomic E-state index is 12.8. The van der Waals surface area contributed by atoms with Gasteiger partial charge in [-0.25, -0.2) is 9.78 Å². The fraction of sp³-hybridized carbons (Fsp3) is 0.333. The minimum absolute atomic E-state index is 0.0668. The van der Waals surface area contributed by atoms with Crippen LogP contribution in [0.5, 0.6) is 0 Å². The van der Waals surface area contributed by atoms with Crippen molar-refractivity contribution in [1.82, 2.24) is 19.4 Å². The van der Waals surface area contributed by atoms with Gasteiger partial charge in [0.25, 0.3) is 5.56 Å². The molecular weight excluding hydrogens is 528 g/mol. The average molecular weight is 565 g/mol. The summed E-state index contributed by atoms with van der Waals surface area (Å²) < 4.78 is 7.16. The molecule has 6 rings (SSSR count). The van der Waals surface area contributed by atoms with Crippen molar-refractivity contribution in [3.8, 4) is 11.3 Å². The van der Waals surface area contributed by atoms with Gasteiger partial charge in [0.2, 0.25) is 5.95 Å².